The number of benzene rings is 1. The Hall–Kier alpha value is -0.600. The fraction of sp³-hybridized carbons (Fsp3) is 0.571. The van der Waals surface area contributed by atoms with Crippen LogP contribution in [0.4, 0.5) is 4.39 Å². The molecule has 0 aromatic heterocycles. The first-order valence-corrected chi connectivity index (χ1v) is 6.67. The number of halogens is 2. The van der Waals surface area contributed by atoms with Gasteiger partial charge in [0.05, 0.1) is 11.1 Å². The molecule has 1 saturated carbocycles. The third-order valence-corrected chi connectivity index (χ3v) is 3.95. The quantitative estimate of drug-likeness (QED) is 0.868. The first-order valence-electron chi connectivity index (χ1n) is 6.29. The minimum absolute atomic E-state index is 0.137. The summed E-state index contributed by atoms with van der Waals surface area (Å²) < 4.78 is 13.7. The zero-order chi connectivity index (χ0) is 12.3. The Balaban J connectivity index is 2.01. The van der Waals surface area contributed by atoms with Crippen LogP contribution in [0.2, 0.25) is 5.02 Å². The highest BCUT2D eigenvalue weighted by molar-refractivity contribution is 6.30. The molecule has 0 amide bonds. The molecular weight excluding hydrogens is 239 g/mol. The number of aliphatic hydroxyl groups excluding tert-OH is 1. The normalized spacial score (nSPS) is 19.2. The predicted octanol–water partition coefficient (Wildman–Crippen LogP) is 3.96. The monoisotopic (exact) mass is 256 g/mol. The van der Waals surface area contributed by atoms with E-state index in [1.54, 1.807) is 12.1 Å². The largest absolute Gasteiger partial charge is 0.392 e. The fourth-order valence-electron chi connectivity index (χ4n) is 2.62. The molecule has 0 spiro atoms. The molecule has 0 bridgehead atoms. The van der Waals surface area contributed by atoms with Gasteiger partial charge in [-0.15, -0.1) is 0 Å². The molecule has 1 aliphatic rings. The van der Waals surface area contributed by atoms with Crippen molar-refractivity contribution >= 4 is 11.6 Å². The summed E-state index contributed by atoms with van der Waals surface area (Å²) in [5.74, 6) is -0.0637. The smallest absolute Gasteiger partial charge is 0.145 e. The molecule has 0 heterocycles. The highest BCUT2D eigenvalue weighted by Crippen LogP contribution is 2.29. The van der Waals surface area contributed by atoms with Crippen molar-refractivity contribution in [2.24, 2.45) is 5.92 Å². The van der Waals surface area contributed by atoms with Crippen molar-refractivity contribution in [3.8, 4) is 0 Å². The van der Waals surface area contributed by atoms with Crippen molar-refractivity contribution in [1.82, 2.24) is 0 Å². The van der Waals surface area contributed by atoms with Crippen LogP contribution in [-0.4, -0.2) is 11.2 Å². The Bertz CT molecular complexity index is 374. The second-order valence-electron chi connectivity index (χ2n) is 4.88. The lowest BCUT2D eigenvalue weighted by molar-refractivity contribution is 0.0843. The van der Waals surface area contributed by atoms with E-state index in [9.17, 15) is 9.50 Å². The van der Waals surface area contributed by atoms with Crippen LogP contribution < -0.4 is 0 Å². The maximum atomic E-state index is 13.7. The van der Waals surface area contributed by atoms with E-state index in [2.05, 4.69) is 0 Å². The van der Waals surface area contributed by atoms with Crippen molar-refractivity contribution in [1.29, 1.82) is 0 Å². The summed E-state index contributed by atoms with van der Waals surface area (Å²) in [5.41, 5.74) is 0.524. The van der Waals surface area contributed by atoms with Gasteiger partial charge >= 0.3 is 0 Å². The first kappa shape index (κ1) is 12.8. The van der Waals surface area contributed by atoms with Gasteiger partial charge in [0.15, 0.2) is 0 Å². The van der Waals surface area contributed by atoms with E-state index >= 15 is 0 Å². The Morgan fingerprint density at radius 2 is 2.00 bits per heavy atom. The van der Waals surface area contributed by atoms with Crippen LogP contribution in [0, 0.1) is 11.7 Å². The summed E-state index contributed by atoms with van der Waals surface area (Å²) in [7, 11) is 0. The molecule has 1 N–H and O–H groups in total. The highest BCUT2D eigenvalue weighted by atomic mass is 35.5. The fourth-order valence-corrected chi connectivity index (χ4v) is 2.81. The van der Waals surface area contributed by atoms with Crippen molar-refractivity contribution in [3.63, 3.8) is 0 Å². The first-order chi connectivity index (χ1) is 8.18. The summed E-state index contributed by atoms with van der Waals surface area (Å²) in [6.45, 7) is 0. The van der Waals surface area contributed by atoms with Crippen molar-refractivity contribution < 1.29 is 9.50 Å². The third-order valence-electron chi connectivity index (χ3n) is 3.65. The molecule has 94 valence electrons. The molecule has 0 radical (unpaired) electrons. The minimum atomic E-state index is -0.441. The Morgan fingerprint density at radius 1 is 1.29 bits per heavy atom. The Kier molecular flexibility index (Phi) is 4.41. The summed E-state index contributed by atoms with van der Waals surface area (Å²) in [6, 6.07) is 4.97. The highest BCUT2D eigenvalue weighted by Gasteiger charge is 2.23. The molecule has 1 unspecified atom stereocenters. The lowest BCUT2D eigenvalue weighted by atomic mass is 9.83. The van der Waals surface area contributed by atoms with Crippen LogP contribution in [-0.2, 0) is 6.42 Å². The van der Waals surface area contributed by atoms with Crippen molar-refractivity contribution in [2.75, 3.05) is 0 Å². The second-order valence-corrected chi connectivity index (χ2v) is 5.29. The van der Waals surface area contributed by atoms with Crippen LogP contribution in [0.15, 0.2) is 18.2 Å². The molecule has 1 aromatic rings. The Labute approximate surface area is 107 Å². The number of hydrogen-bond donors (Lipinski definition) is 1. The van der Waals surface area contributed by atoms with Crippen LogP contribution in [0.25, 0.3) is 0 Å². The zero-order valence-electron chi connectivity index (χ0n) is 9.83. The van der Waals surface area contributed by atoms with Crippen molar-refractivity contribution in [3.05, 3.63) is 34.6 Å². The summed E-state index contributed by atoms with van der Waals surface area (Å²) >= 11 is 5.73. The van der Waals surface area contributed by atoms with Gasteiger partial charge in [-0.05, 0) is 30.4 Å². The predicted molar refractivity (Wildman–Crippen MR) is 67.7 cm³/mol. The third kappa shape index (κ3) is 3.20. The van der Waals surface area contributed by atoms with E-state index in [4.69, 9.17) is 11.6 Å². The van der Waals surface area contributed by atoms with Crippen LogP contribution in [0.5, 0.6) is 0 Å². The number of hydrogen-bond acceptors (Lipinski definition) is 1. The van der Waals surface area contributed by atoms with Crippen LogP contribution >= 0.6 is 11.6 Å². The van der Waals surface area contributed by atoms with Gasteiger partial charge < -0.3 is 5.11 Å². The molecule has 1 aromatic carbocycles. The number of rotatable bonds is 3. The molecular formula is C14H18ClFO. The summed E-state index contributed by atoms with van der Waals surface area (Å²) in [6.07, 6.45) is 5.67. The van der Waals surface area contributed by atoms with E-state index in [1.807, 2.05) is 0 Å². The van der Waals surface area contributed by atoms with E-state index < -0.39 is 6.10 Å². The molecule has 3 heteroatoms. The lowest BCUT2D eigenvalue weighted by Crippen LogP contribution is -2.25. The molecule has 1 nitrogen and oxygen atoms in total. The van der Waals surface area contributed by atoms with E-state index in [0.717, 1.165) is 12.8 Å². The summed E-state index contributed by atoms with van der Waals surface area (Å²) in [4.78, 5) is 0. The molecule has 1 fully saturated rings. The average molecular weight is 257 g/mol. The van der Waals surface area contributed by atoms with Gasteiger partial charge in [-0.25, -0.2) is 4.39 Å². The SMILES string of the molecule is OC(Cc1cccc(Cl)c1F)C1CCCCC1. The van der Waals surface area contributed by atoms with E-state index in [-0.39, 0.29) is 10.8 Å². The maximum absolute atomic E-state index is 13.7. The molecule has 1 aliphatic carbocycles. The van der Waals surface area contributed by atoms with Crippen LogP contribution in [0.3, 0.4) is 0 Å². The molecule has 17 heavy (non-hydrogen) atoms. The zero-order valence-corrected chi connectivity index (χ0v) is 10.6. The molecule has 1 atom stereocenters. The summed E-state index contributed by atoms with van der Waals surface area (Å²) in [5, 5.41) is 10.3. The van der Waals surface area contributed by atoms with Crippen molar-refractivity contribution in [2.45, 2.75) is 44.6 Å². The molecule has 2 rings (SSSR count). The van der Waals surface area contributed by atoms with Gasteiger partial charge in [0.2, 0.25) is 0 Å². The minimum Gasteiger partial charge on any atom is -0.392 e. The van der Waals surface area contributed by atoms with Gasteiger partial charge in [0, 0.05) is 6.42 Å². The van der Waals surface area contributed by atoms with Gasteiger partial charge in [-0.1, -0.05) is 43.0 Å². The van der Waals surface area contributed by atoms with Crippen LogP contribution in [0.1, 0.15) is 37.7 Å². The average Bonchev–Trinajstić information content (AvgIpc) is 2.36. The topological polar surface area (TPSA) is 20.2 Å². The van der Waals surface area contributed by atoms with E-state index in [1.165, 1.54) is 25.3 Å². The van der Waals surface area contributed by atoms with Gasteiger partial charge in [0.1, 0.15) is 5.82 Å². The van der Waals surface area contributed by atoms with E-state index in [0.29, 0.717) is 17.9 Å². The van der Waals surface area contributed by atoms with Gasteiger partial charge in [-0.2, -0.15) is 0 Å². The number of aliphatic hydroxyl groups is 1. The molecule has 0 aliphatic heterocycles. The standard InChI is InChI=1S/C14H18ClFO/c15-12-8-4-7-11(14(12)16)9-13(17)10-5-2-1-3-6-10/h4,7-8,10,13,17H,1-3,5-6,9H2. The van der Waals surface area contributed by atoms with Gasteiger partial charge in [0.25, 0.3) is 0 Å². The second kappa shape index (κ2) is 5.83. The molecule has 0 saturated heterocycles. The lowest BCUT2D eigenvalue weighted by Gasteiger charge is -2.26. The Morgan fingerprint density at radius 3 is 2.71 bits per heavy atom. The maximum Gasteiger partial charge on any atom is 0.145 e. The van der Waals surface area contributed by atoms with Gasteiger partial charge in [-0.3, -0.25) is 0 Å².